The van der Waals surface area contributed by atoms with E-state index < -0.39 is 0 Å². The van der Waals surface area contributed by atoms with Crippen molar-refractivity contribution >= 4 is 6.01 Å². The van der Waals surface area contributed by atoms with Crippen LogP contribution in [0.4, 0.5) is 6.01 Å². The topological polar surface area (TPSA) is 78.4 Å². The molecule has 2 aromatic rings. The Hall–Kier alpha value is -2.30. The maximum Gasteiger partial charge on any atom is 0.295 e. The monoisotopic (exact) mass is 220 g/mol. The summed E-state index contributed by atoms with van der Waals surface area (Å²) >= 11 is 0. The second-order valence-corrected chi connectivity index (χ2v) is 2.73. The van der Waals surface area contributed by atoms with Crippen LogP contribution in [0.1, 0.15) is 0 Å². The van der Waals surface area contributed by atoms with Crippen LogP contribution in [0, 0.1) is 0 Å². The molecule has 84 valence electrons. The van der Waals surface area contributed by atoms with E-state index in [1.165, 1.54) is 12.3 Å². The summed E-state index contributed by atoms with van der Waals surface area (Å²) in [6, 6.07) is 10.8. The Labute approximate surface area is 92.5 Å². The van der Waals surface area contributed by atoms with E-state index in [2.05, 4.69) is 9.40 Å². The van der Waals surface area contributed by atoms with E-state index in [1.54, 1.807) is 7.11 Å². The number of rotatable bonds is 1. The summed E-state index contributed by atoms with van der Waals surface area (Å²) in [5, 5.41) is 0. The molecular weight excluding hydrogens is 208 g/mol. The highest BCUT2D eigenvalue weighted by atomic mass is 16.5. The van der Waals surface area contributed by atoms with Gasteiger partial charge in [0, 0.05) is 6.07 Å². The van der Waals surface area contributed by atoms with E-state index in [0.717, 1.165) is 5.75 Å². The Balaban J connectivity index is 0.000000160. The highest BCUT2D eigenvalue weighted by Gasteiger charge is 1.85. The fourth-order valence-corrected chi connectivity index (χ4v) is 0.891. The summed E-state index contributed by atoms with van der Waals surface area (Å²) < 4.78 is 9.39. The van der Waals surface area contributed by atoms with Crippen molar-refractivity contribution in [3.63, 3.8) is 0 Å². The van der Waals surface area contributed by atoms with E-state index in [-0.39, 0.29) is 11.6 Å². The zero-order valence-electron chi connectivity index (χ0n) is 8.79. The molecule has 0 aliphatic carbocycles. The molecule has 2 N–H and O–H groups in total. The van der Waals surface area contributed by atoms with Gasteiger partial charge in [0.1, 0.15) is 12.0 Å². The quantitative estimate of drug-likeness (QED) is 0.783. The Morgan fingerprint density at radius 3 is 2.31 bits per heavy atom. The van der Waals surface area contributed by atoms with Crippen molar-refractivity contribution in [1.29, 1.82) is 0 Å². The first-order valence-corrected chi connectivity index (χ1v) is 4.52. The van der Waals surface area contributed by atoms with E-state index >= 15 is 0 Å². The molecular formula is C11H12N2O3. The lowest BCUT2D eigenvalue weighted by Gasteiger charge is -1.93. The van der Waals surface area contributed by atoms with Gasteiger partial charge >= 0.3 is 0 Å². The molecule has 0 saturated heterocycles. The number of para-hydroxylation sites is 1. The van der Waals surface area contributed by atoms with Gasteiger partial charge in [-0.15, -0.1) is 0 Å². The molecule has 0 bridgehead atoms. The van der Waals surface area contributed by atoms with E-state index in [9.17, 15) is 4.79 Å². The van der Waals surface area contributed by atoms with Crippen molar-refractivity contribution in [1.82, 2.24) is 4.98 Å². The minimum absolute atomic E-state index is 0.0995. The molecule has 2 rings (SSSR count). The van der Waals surface area contributed by atoms with Crippen LogP contribution in [0.3, 0.4) is 0 Å². The lowest BCUT2D eigenvalue weighted by molar-refractivity contribution is 0.415. The predicted octanol–water partition coefficient (Wildman–Crippen LogP) is 1.31. The zero-order valence-corrected chi connectivity index (χ0v) is 8.79. The normalized spacial score (nSPS) is 8.81. The fraction of sp³-hybridized carbons (Fsp3) is 0.0909. The third kappa shape index (κ3) is 4.28. The molecule has 16 heavy (non-hydrogen) atoms. The zero-order chi connectivity index (χ0) is 11.8. The van der Waals surface area contributed by atoms with Gasteiger partial charge in [-0.25, -0.2) is 0 Å². The first kappa shape index (κ1) is 11.8. The summed E-state index contributed by atoms with van der Waals surface area (Å²) in [4.78, 5) is 13.5. The van der Waals surface area contributed by atoms with Crippen molar-refractivity contribution in [3.05, 3.63) is 53.0 Å². The number of hydrogen-bond acceptors (Lipinski definition) is 5. The Bertz CT molecular complexity index is 468. The lowest BCUT2D eigenvalue weighted by Crippen LogP contribution is -2.04. The second-order valence-electron chi connectivity index (χ2n) is 2.73. The maximum absolute atomic E-state index is 10.2. The molecule has 1 heterocycles. The smallest absolute Gasteiger partial charge is 0.295 e. The van der Waals surface area contributed by atoms with Crippen LogP contribution >= 0.6 is 0 Å². The number of benzene rings is 1. The molecule has 0 atom stereocenters. The van der Waals surface area contributed by atoms with Gasteiger partial charge in [-0.1, -0.05) is 18.2 Å². The van der Waals surface area contributed by atoms with Gasteiger partial charge < -0.3 is 14.9 Å². The average molecular weight is 220 g/mol. The molecule has 0 aliphatic heterocycles. The van der Waals surface area contributed by atoms with Crippen molar-refractivity contribution < 1.29 is 9.15 Å². The van der Waals surface area contributed by atoms with Gasteiger partial charge in [0.15, 0.2) is 0 Å². The van der Waals surface area contributed by atoms with Crippen molar-refractivity contribution in [2.45, 2.75) is 0 Å². The second kappa shape index (κ2) is 6.23. The average Bonchev–Trinajstić information content (AvgIpc) is 2.31. The highest BCUT2D eigenvalue weighted by molar-refractivity contribution is 5.20. The predicted molar refractivity (Wildman–Crippen MR) is 60.2 cm³/mol. The number of nitrogens with zero attached hydrogens (tertiary/aromatic N) is 1. The number of ether oxygens (including phenoxy) is 1. The van der Waals surface area contributed by atoms with Crippen LogP contribution in [0.5, 0.6) is 5.75 Å². The largest absolute Gasteiger partial charge is 0.497 e. The number of nitrogens with two attached hydrogens (primary N) is 1. The molecule has 1 aromatic heterocycles. The Kier molecular flexibility index (Phi) is 4.59. The van der Waals surface area contributed by atoms with Crippen LogP contribution in [0.25, 0.3) is 0 Å². The van der Waals surface area contributed by atoms with E-state index in [0.29, 0.717) is 0 Å². The van der Waals surface area contributed by atoms with Crippen molar-refractivity contribution in [2.24, 2.45) is 0 Å². The van der Waals surface area contributed by atoms with Crippen LogP contribution in [-0.4, -0.2) is 12.1 Å². The van der Waals surface area contributed by atoms with Crippen LogP contribution in [0.15, 0.2) is 51.9 Å². The van der Waals surface area contributed by atoms with Gasteiger partial charge in [0.25, 0.3) is 11.6 Å². The van der Waals surface area contributed by atoms with Gasteiger partial charge in [-0.05, 0) is 12.1 Å². The molecule has 0 unspecified atom stereocenters. The fourth-order valence-electron chi connectivity index (χ4n) is 0.891. The molecule has 5 heteroatoms. The summed E-state index contributed by atoms with van der Waals surface area (Å²) in [6.07, 6.45) is 1.20. The van der Waals surface area contributed by atoms with Gasteiger partial charge in [0.2, 0.25) is 0 Å². The van der Waals surface area contributed by atoms with E-state index in [4.69, 9.17) is 10.5 Å². The molecule has 0 fully saturated rings. The summed E-state index contributed by atoms with van der Waals surface area (Å²) in [5.41, 5.74) is 4.60. The summed E-state index contributed by atoms with van der Waals surface area (Å²) in [5.74, 6) is 0.910. The molecule has 5 nitrogen and oxygen atoms in total. The maximum atomic E-state index is 10.2. The minimum Gasteiger partial charge on any atom is -0.497 e. The highest BCUT2D eigenvalue weighted by Crippen LogP contribution is 2.05. The number of nitrogen functional groups attached to an aromatic ring is 1. The van der Waals surface area contributed by atoms with Gasteiger partial charge in [-0.2, -0.15) is 4.98 Å². The van der Waals surface area contributed by atoms with E-state index in [1.807, 2.05) is 30.3 Å². The molecule has 0 radical (unpaired) electrons. The molecule has 0 aliphatic rings. The van der Waals surface area contributed by atoms with Crippen LogP contribution in [0.2, 0.25) is 0 Å². The van der Waals surface area contributed by atoms with Crippen molar-refractivity contribution in [3.8, 4) is 5.75 Å². The summed E-state index contributed by atoms with van der Waals surface area (Å²) in [7, 11) is 1.66. The third-order valence-electron chi connectivity index (χ3n) is 1.60. The summed E-state index contributed by atoms with van der Waals surface area (Å²) in [6.45, 7) is 0. The first-order valence-electron chi connectivity index (χ1n) is 4.52. The Morgan fingerprint density at radius 1 is 1.25 bits per heavy atom. The minimum atomic E-state index is -0.381. The molecule has 0 saturated carbocycles. The van der Waals surface area contributed by atoms with Gasteiger partial charge in [-0.3, -0.25) is 4.79 Å². The number of aromatic nitrogens is 1. The molecule has 1 aromatic carbocycles. The Morgan fingerprint density at radius 2 is 1.94 bits per heavy atom. The number of anilines is 1. The molecule has 0 spiro atoms. The lowest BCUT2D eigenvalue weighted by atomic mass is 10.3. The van der Waals surface area contributed by atoms with Crippen molar-refractivity contribution in [2.75, 3.05) is 12.8 Å². The van der Waals surface area contributed by atoms with Gasteiger partial charge in [0.05, 0.1) is 7.11 Å². The number of hydrogen-bond donors (Lipinski definition) is 1. The van der Waals surface area contributed by atoms with Crippen LogP contribution in [-0.2, 0) is 0 Å². The van der Waals surface area contributed by atoms with Crippen LogP contribution < -0.4 is 16.0 Å². The third-order valence-corrected chi connectivity index (χ3v) is 1.60. The molecule has 0 amide bonds. The standard InChI is InChI=1S/C7H8O.C4H4N2O2/c1-8-7-5-3-2-4-6-7;5-4-6-3(7)1-2-8-4/h2-6H,1H3;1-2H,(H2,5,6,7). The first-order chi connectivity index (χ1) is 7.72. The SMILES string of the molecule is COc1ccccc1.Nc1nc(=O)cco1. The number of methoxy groups -OCH3 is 1.